The molecule has 0 unspecified atom stereocenters. The topological polar surface area (TPSA) is 66.4 Å². The van der Waals surface area contributed by atoms with E-state index in [2.05, 4.69) is 15.0 Å². The highest BCUT2D eigenvalue weighted by Crippen LogP contribution is 2.12. The fraction of sp³-hybridized carbons (Fsp3) is 0.667. The van der Waals surface area contributed by atoms with Gasteiger partial charge in [0.25, 0.3) is 0 Å². The van der Waals surface area contributed by atoms with Gasteiger partial charge in [0.15, 0.2) is 0 Å². The first-order chi connectivity index (χ1) is 7.61. The van der Waals surface area contributed by atoms with E-state index in [9.17, 15) is 0 Å². The molecule has 1 heterocycles. The third kappa shape index (κ3) is 4.59. The number of halogens is 1. The summed E-state index contributed by atoms with van der Waals surface area (Å²) in [6, 6.07) is 0.254. The molecule has 0 fully saturated rings. The summed E-state index contributed by atoms with van der Waals surface area (Å²) in [5, 5.41) is 0.0339. The molecule has 0 N–H and O–H groups in total. The maximum absolute atomic E-state index is 5.64. The summed E-state index contributed by atoms with van der Waals surface area (Å²) in [5.41, 5.74) is 0. The Morgan fingerprint density at radius 2 is 1.81 bits per heavy atom. The second-order valence-corrected chi connectivity index (χ2v) is 3.48. The van der Waals surface area contributed by atoms with Crippen molar-refractivity contribution in [1.82, 2.24) is 15.0 Å². The summed E-state index contributed by atoms with van der Waals surface area (Å²) in [4.78, 5) is 11.4. The van der Waals surface area contributed by atoms with E-state index >= 15 is 0 Å². The molecule has 0 radical (unpaired) electrons. The maximum atomic E-state index is 5.64. The predicted molar refractivity (Wildman–Crippen MR) is 58.0 cm³/mol. The van der Waals surface area contributed by atoms with Gasteiger partial charge >= 0.3 is 12.0 Å². The van der Waals surface area contributed by atoms with Crippen LogP contribution in [0.25, 0.3) is 0 Å². The smallest absolute Gasteiger partial charge is 0.324 e. The zero-order valence-electron chi connectivity index (χ0n) is 9.44. The molecule has 1 rings (SSSR count). The summed E-state index contributed by atoms with van der Waals surface area (Å²) in [7, 11) is 1.44. The van der Waals surface area contributed by atoms with Gasteiger partial charge in [0.2, 0.25) is 5.28 Å². The van der Waals surface area contributed by atoms with Crippen LogP contribution in [0.1, 0.15) is 13.8 Å². The third-order valence-electron chi connectivity index (χ3n) is 1.52. The van der Waals surface area contributed by atoms with Crippen LogP contribution in [0, 0.1) is 0 Å². The largest absolute Gasteiger partial charge is 0.467 e. The molecule has 0 aliphatic rings. The minimum Gasteiger partial charge on any atom is -0.467 e. The van der Waals surface area contributed by atoms with Crippen LogP contribution in [0.2, 0.25) is 5.28 Å². The molecule has 6 nitrogen and oxygen atoms in total. The zero-order valence-corrected chi connectivity index (χ0v) is 10.2. The molecule has 0 saturated heterocycles. The molecular weight excluding hydrogens is 234 g/mol. The van der Waals surface area contributed by atoms with Crippen molar-refractivity contribution < 1.29 is 14.2 Å². The molecule has 0 spiro atoms. The summed E-state index contributed by atoms with van der Waals surface area (Å²) in [6.07, 6.45) is 0.167. The number of nitrogens with zero attached hydrogens (tertiary/aromatic N) is 3. The monoisotopic (exact) mass is 247 g/mol. The fourth-order valence-corrected chi connectivity index (χ4v) is 1.03. The van der Waals surface area contributed by atoms with Gasteiger partial charge in [-0.1, -0.05) is 0 Å². The van der Waals surface area contributed by atoms with Crippen LogP contribution in [0.5, 0.6) is 12.0 Å². The normalized spacial score (nSPS) is 10.6. The van der Waals surface area contributed by atoms with Gasteiger partial charge in [-0.3, -0.25) is 0 Å². The lowest BCUT2D eigenvalue weighted by Crippen LogP contribution is -2.12. The molecule has 1 aromatic rings. The van der Waals surface area contributed by atoms with Gasteiger partial charge in [-0.2, -0.15) is 9.97 Å². The van der Waals surface area contributed by atoms with Crippen molar-refractivity contribution in [2.75, 3.05) is 20.3 Å². The molecule has 0 aliphatic carbocycles. The van der Waals surface area contributed by atoms with Crippen LogP contribution in [-0.4, -0.2) is 41.4 Å². The van der Waals surface area contributed by atoms with Crippen LogP contribution >= 0.6 is 11.6 Å². The Balaban J connectivity index is 2.44. The molecule has 0 saturated carbocycles. The first kappa shape index (κ1) is 12.9. The summed E-state index contributed by atoms with van der Waals surface area (Å²) in [6.45, 7) is 4.70. The third-order valence-corrected chi connectivity index (χ3v) is 1.68. The van der Waals surface area contributed by atoms with Crippen LogP contribution in [0.15, 0.2) is 0 Å². The van der Waals surface area contributed by atoms with E-state index in [-0.39, 0.29) is 23.4 Å². The van der Waals surface area contributed by atoms with E-state index in [4.69, 9.17) is 25.8 Å². The minimum absolute atomic E-state index is 0.0339. The number of aromatic nitrogens is 3. The van der Waals surface area contributed by atoms with Gasteiger partial charge in [0, 0.05) is 0 Å². The van der Waals surface area contributed by atoms with Crippen LogP contribution in [0.3, 0.4) is 0 Å². The Morgan fingerprint density at radius 3 is 2.44 bits per heavy atom. The van der Waals surface area contributed by atoms with Gasteiger partial charge in [0.05, 0.1) is 19.8 Å². The Bertz CT molecular complexity index is 336. The van der Waals surface area contributed by atoms with Crippen LogP contribution < -0.4 is 9.47 Å². The minimum atomic E-state index is 0.0339. The molecular formula is C9H14ClN3O3. The molecule has 90 valence electrons. The average Bonchev–Trinajstić information content (AvgIpc) is 2.23. The van der Waals surface area contributed by atoms with Crippen molar-refractivity contribution in [1.29, 1.82) is 0 Å². The van der Waals surface area contributed by atoms with Crippen molar-refractivity contribution in [2.24, 2.45) is 0 Å². The lowest BCUT2D eigenvalue weighted by Gasteiger charge is -2.08. The number of hydrogen-bond donors (Lipinski definition) is 0. The van der Waals surface area contributed by atoms with Gasteiger partial charge in [-0.25, -0.2) is 0 Å². The molecule has 0 bridgehead atoms. The van der Waals surface area contributed by atoms with Crippen molar-refractivity contribution in [3.05, 3.63) is 5.28 Å². The molecule has 0 aromatic carbocycles. The number of ether oxygens (including phenoxy) is 3. The highest BCUT2D eigenvalue weighted by molar-refractivity contribution is 6.28. The Labute approximate surface area is 98.9 Å². The first-order valence-corrected chi connectivity index (χ1v) is 5.19. The van der Waals surface area contributed by atoms with Crippen molar-refractivity contribution in [3.8, 4) is 12.0 Å². The molecule has 1 aromatic heterocycles. The molecule has 0 atom stereocenters. The quantitative estimate of drug-likeness (QED) is 0.707. The van der Waals surface area contributed by atoms with E-state index in [1.165, 1.54) is 7.11 Å². The van der Waals surface area contributed by atoms with Crippen molar-refractivity contribution >= 4 is 11.6 Å². The summed E-state index contributed by atoms with van der Waals surface area (Å²) >= 11 is 5.64. The van der Waals surface area contributed by atoms with Gasteiger partial charge < -0.3 is 14.2 Å². The van der Waals surface area contributed by atoms with Crippen molar-refractivity contribution in [2.45, 2.75) is 20.0 Å². The van der Waals surface area contributed by atoms with E-state index in [0.717, 1.165) is 0 Å². The molecule has 0 aliphatic heterocycles. The first-order valence-electron chi connectivity index (χ1n) is 4.81. The Kier molecular flexibility index (Phi) is 5.21. The van der Waals surface area contributed by atoms with Gasteiger partial charge in [-0.15, -0.1) is 4.98 Å². The molecule has 0 amide bonds. The van der Waals surface area contributed by atoms with Crippen LogP contribution in [-0.2, 0) is 4.74 Å². The molecule has 16 heavy (non-hydrogen) atoms. The average molecular weight is 248 g/mol. The van der Waals surface area contributed by atoms with E-state index in [0.29, 0.717) is 13.2 Å². The second-order valence-electron chi connectivity index (χ2n) is 3.14. The maximum Gasteiger partial charge on any atom is 0.324 e. The Hall–Kier alpha value is -1.14. The number of hydrogen-bond acceptors (Lipinski definition) is 6. The highest BCUT2D eigenvalue weighted by Gasteiger charge is 2.05. The highest BCUT2D eigenvalue weighted by atomic mass is 35.5. The lowest BCUT2D eigenvalue weighted by atomic mass is 10.5. The lowest BCUT2D eigenvalue weighted by molar-refractivity contribution is 0.0528. The standard InChI is InChI=1S/C9H14ClN3O3/c1-6(2)15-4-5-16-9-12-7(10)11-8(13-9)14-3/h6H,4-5H2,1-3H3. The Morgan fingerprint density at radius 1 is 1.12 bits per heavy atom. The summed E-state index contributed by atoms with van der Waals surface area (Å²) < 4.78 is 15.3. The second kappa shape index (κ2) is 6.44. The van der Waals surface area contributed by atoms with E-state index < -0.39 is 0 Å². The van der Waals surface area contributed by atoms with Crippen LogP contribution in [0.4, 0.5) is 0 Å². The predicted octanol–water partition coefficient (Wildman–Crippen LogP) is 1.34. The zero-order chi connectivity index (χ0) is 12.0. The van der Waals surface area contributed by atoms with Crippen molar-refractivity contribution in [3.63, 3.8) is 0 Å². The fourth-order valence-electron chi connectivity index (χ4n) is 0.887. The van der Waals surface area contributed by atoms with Gasteiger partial charge in [-0.05, 0) is 25.4 Å². The summed E-state index contributed by atoms with van der Waals surface area (Å²) in [5.74, 6) is 0. The SMILES string of the molecule is COc1nc(Cl)nc(OCCOC(C)C)n1. The van der Waals surface area contributed by atoms with E-state index in [1.807, 2.05) is 13.8 Å². The number of rotatable bonds is 6. The molecule has 7 heteroatoms. The van der Waals surface area contributed by atoms with E-state index in [1.54, 1.807) is 0 Å². The van der Waals surface area contributed by atoms with Gasteiger partial charge in [0.1, 0.15) is 6.61 Å². The number of methoxy groups -OCH3 is 1.